The number of sulfonamides is 1. The molecule has 0 unspecified atom stereocenters. The number of nitrogens with zero attached hydrogens (tertiary/aromatic N) is 3. The first kappa shape index (κ1) is 20.1. The molecule has 0 N–H and O–H groups in total. The van der Waals surface area contributed by atoms with Crippen LogP contribution < -0.4 is 13.9 Å². The van der Waals surface area contributed by atoms with Crippen LogP contribution in [0.3, 0.4) is 0 Å². The minimum absolute atomic E-state index is 0.0652. The van der Waals surface area contributed by atoms with Gasteiger partial charge in [0.1, 0.15) is 4.90 Å². The zero-order chi connectivity index (χ0) is 21.5. The van der Waals surface area contributed by atoms with Crippen molar-refractivity contribution in [2.75, 3.05) is 16.3 Å². The number of hydrogen-bond acceptors (Lipinski definition) is 5. The van der Waals surface area contributed by atoms with Crippen molar-refractivity contribution in [1.82, 2.24) is 4.98 Å². The molecule has 0 radical (unpaired) electrons. The molecule has 1 aliphatic heterocycles. The lowest BCUT2D eigenvalue weighted by Crippen LogP contribution is -2.50. The van der Waals surface area contributed by atoms with Crippen LogP contribution in [-0.4, -0.2) is 26.5 Å². The first-order valence-electron chi connectivity index (χ1n) is 8.73. The SMILES string of the molecule is COc1ccc(CN2C(=O)N(c3cccnc3Cl)S(=O)(=O)c3ccccc32)cc1F. The van der Waals surface area contributed by atoms with Gasteiger partial charge in [0.25, 0.3) is 10.0 Å². The van der Waals surface area contributed by atoms with Crippen LogP contribution in [0.1, 0.15) is 5.56 Å². The van der Waals surface area contributed by atoms with Crippen molar-refractivity contribution in [2.45, 2.75) is 11.4 Å². The van der Waals surface area contributed by atoms with Gasteiger partial charge in [0.05, 0.1) is 25.0 Å². The van der Waals surface area contributed by atoms with Crippen molar-refractivity contribution >= 4 is 39.0 Å². The van der Waals surface area contributed by atoms with Gasteiger partial charge in [-0.1, -0.05) is 29.8 Å². The van der Waals surface area contributed by atoms with Crippen molar-refractivity contribution in [3.63, 3.8) is 0 Å². The Bertz CT molecular complexity index is 1250. The van der Waals surface area contributed by atoms with Gasteiger partial charge in [-0.3, -0.25) is 4.90 Å². The minimum atomic E-state index is -4.23. The first-order valence-corrected chi connectivity index (χ1v) is 10.5. The van der Waals surface area contributed by atoms with Gasteiger partial charge in [-0.05, 0) is 42.0 Å². The number of pyridine rings is 1. The maximum Gasteiger partial charge on any atom is 0.343 e. The van der Waals surface area contributed by atoms with Gasteiger partial charge in [-0.25, -0.2) is 22.6 Å². The van der Waals surface area contributed by atoms with Gasteiger partial charge >= 0.3 is 6.03 Å². The number of hydrogen-bond donors (Lipinski definition) is 0. The Morgan fingerprint density at radius 3 is 2.53 bits per heavy atom. The Morgan fingerprint density at radius 1 is 1.10 bits per heavy atom. The van der Waals surface area contributed by atoms with Crippen molar-refractivity contribution in [2.24, 2.45) is 0 Å². The van der Waals surface area contributed by atoms with Crippen LogP contribution in [0.25, 0.3) is 0 Å². The van der Waals surface area contributed by atoms with Gasteiger partial charge in [0.2, 0.25) is 0 Å². The number of anilines is 2. The van der Waals surface area contributed by atoms with E-state index in [1.54, 1.807) is 18.2 Å². The van der Waals surface area contributed by atoms with E-state index in [-0.39, 0.29) is 33.7 Å². The lowest BCUT2D eigenvalue weighted by atomic mass is 10.2. The highest BCUT2D eigenvalue weighted by Gasteiger charge is 2.43. The van der Waals surface area contributed by atoms with Crippen LogP contribution in [0.5, 0.6) is 5.75 Å². The van der Waals surface area contributed by atoms with E-state index < -0.39 is 21.9 Å². The molecule has 3 aromatic rings. The molecule has 2 amide bonds. The largest absolute Gasteiger partial charge is 0.494 e. The van der Waals surface area contributed by atoms with Crippen molar-refractivity contribution in [3.8, 4) is 5.75 Å². The molecule has 0 atom stereocenters. The molecule has 10 heteroatoms. The van der Waals surface area contributed by atoms with Crippen LogP contribution in [-0.2, 0) is 16.6 Å². The Hall–Kier alpha value is -3.17. The fourth-order valence-electron chi connectivity index (χ4n) is 3.22. The van der Waals surface area contributed by atoms with Crippen molar-refractivity contribution in [1.29, 1.82) is 0 Å². The number of para-hydroxylation sites is 1. The molecular weight excluding hydrogens is 433 g/mol. The van der Waals surface area contributed by atoms with E-state index in [9.17, 15) is 17.6 Å². The molecule has 7 nitrogen and oxygen atoms in total. The maximum atomic E-state index is 14.2. The van der Waals surface area contributed by atoms with E-state index in [2.05, 4.69) is 4.98 Å². The van der Waals surface area contributed by atoms with Gasteiger partial charge < -0.3 is 4.74 Å². The number of rotatable bonds is 4. The van der Waals surface area contributed by atoms with E-state index >= 15 is 0 Å². The Kier molecular flexibility index (Phi) is 5.08. The zero-order valence-electron chi connectivity index (χ0n) is 15.6. The predicted molar refractivity (Wildman–Crippen MR) is 110 cm³/mol. The average molecular weight is 448 g/mol. The van der Waals surface area contributed by atoms with E-state index in [4.69, 9.17) is 16.3 Å². The lowest BCUT2D eigenvalue weighted by molar-refractivity contribution is 0.253. The summed E-state index contributed by atoms with van der Waals surface area (Å²) in [4.78, 5) is 18.4. The van der Waals surface area contributed by atoms with Crippen LogP contribution in [0.4, 0.5) is 20.6 Å². The number of benzene rings is 2. The standard InChI is InChI=1S/C20H15ClFN3O4S/c1-29-17-9-8-13(11-14(17)22)12-24-15-5-2-3-7-18(15)30(27,28)25(20(24)26)16-6-4-10-23-19(16)21/h2-11H,12H2,1H3. The van der Waals surface area contributed by atoms with E-state index in [1.165, 1.54) is 54.6 Å². The second-order valence-electron chi connectivity index (χ2n) is 6.39. The van der Waals surface area contributed by atoms with Crippen LogP contribution in [0.2, 0.25) is 5.15 Å². The summed E-state index contributed by atoms with van der Waals surface area (Å²) in [5, 5.41) is -0.135. The predicted octanol–water partition coefficient (Wildman–Crippen LogP) is 4.22. The van der Waals surface area contributed by atoms with Crippen LogP contribution in [0.15, 0.2) is 65.7 Å². The monoisotopic (exact) mass is 447 g/mol. The molecule has 0 bridgehead atoms. The third-order valence-corrected chi connectivity index (χ3v) is 6.62. The minimum Gasteiger partial charge on any atom is -0.494 e. The second-order valence-corrected chi connectivity index (χ2v) is 8.50. The fourth-order valence-corrected chi connectivity index (χ4v) is 5.07. The van der Waals surface area contributed by atoms with Crippen molar-refractivity contribution in [3.05, 3.63) is 77.3 Å². The average Bonchev–Trinajstić information content (AvgIpc) is 2.73. The highest BCUT2D eigenvalue weighted by Crippen LogP contribution is 2.39. The smallest absolute Gasteiger partial charge is 0.343 e. The summed E-state index contributed by atoms with van der Waals surface area (Å²) < 4.78 is 46.1. The Balaban J connectivity index is 1.85. The molecule has 0 saturated carbocycles. The summed E-state index contributed by atoms with van der Waals surface area (Å²) in [5.74, 6) is -0.525. The molecule has 2 aromatic carbocycles. The molecule has 0 spiro atoms. The summed E-state index contributed by atoms with van der Waals surface area (Å²) in [6.45, 7) is -0.0688. The Labute approximate surface area is 177 Å². The molecule has 30 heavy (non-hydrogen) atoms. The number of methoxy groups -OCH3 is 1. The summed E-state index contributed by atoms with van der Waals surface area (Å²) in [7, 11) is -2.88. The summed E-state index contributed by atoms with van der Waals surface area (Å²) in [6.07, 6.45) is 1.39. The number of fused-ring (bicyclic) bond motifs is 1. The molecule has 0 saturated heterocycles. The third-order valence-electron chi connectivity index (χ3n) is 4.59. The fraction of sp³-hybridized carbons (Fsp3) is 0.100. The third kappa shape index (κ3) is 3.25. The number of urea groups is 1. The molecule has 4 rings (SSSR count). The Morgan fingerprint density at radius 2 is 1.83 bits per heavy atom. The maximum absolute atomic E-state index is 14.2. The molecular formula is C20H15ClFN3O4S. The molecule has 0 fully saturated rings. The van der Waals surface area contributed by atoms with Gasteiger partial charge in [-0.2, -0.15) is 4.31 Å². The van der Waals surface area contributed by atoms with Gasteiger partial charge in [0, 0.05) is 6.20 Å². The number of ether oxygens (including phenoxy) is 1. The second kappa shape index (κ2) is 7.58. The molecule has 2 heterocycles. The number of carbonyl (C=O) groups excluding carboxylic acids is 1. The number of carbonyl (C=O) groups is 1. The van der Waals surface area contributed by atoms with Crippen molar-refractivity contribution < 1.29 is 22.3 Å². The summed E-state index contributed by atoms with van der Waals surface area (Å²) in [5.41, 5.74) is 0.576. The van der Waals surface area contributed by atoms with Crippen LogP contribution >= 0.6 is 11.6 Å². The highest BCUT2D eigenvalue weighted by atomic mass is 35.5. The quantitative estimate of drug-likeness (QED) is 0.559. The normalized spacial score (nSPS) is 15.1. The lowest BCUT2D eigenvalue weighted by Gasteiger charge is -2.36. The summed E-state index contributed by atoms with van der Waals surface area (Å²) in [6, 6.07) is 12.4. The molecule has 1 aliphatic rings. The molecule has 154 valence electrons. The zero-order valence-corrected chi connectivity index (χ0v) is 17.2. The first-order chi connectivity index (χ1) is 14.3. The number of amides is 2. The van der Waals surface area contributed by atoms with Gasteiger partial charge in [0.15, 0.2) is 16.7 Å². The number of halogens is 2. The van der Waals surface area contributed by atoms with E-state index in [0.29, 0.717) is 9.87 Å². The molecule has 0 aliphatic carbocycles. The van der Waals surface area contributed by atoms with Gasteiger partial charge in [-0.15, -0.1) is 0 Å². The van der Waals surface area contributed by atoms with E-state index in [1.807, 2.05) is 0 Å². The number of aromatic nitrogens is 1. The topological polar surface area (TPSA) is 79.8 Å². The summed E-state index contributed by atoms with van der Waals surface area (Å²) >= 11 is 6.09. The van der Waals surface area contributed by atoms with E-state index in [0.717, 1.165) is 0 Å². The van der Waals surface area contributed by atoms with Crippen LogP contribution in [0, 0.1) is 5.82 Å². The highest BCUT2D eigenvalue weighted by molar-refractivity contribution is 7.94. The molecule has 1 aromatic heterocycles.